The largest absolute Gasteiger partial charge is 0.485 e. The third kappa shape index (κ3) is 3.12. The molecule has 0 aliphatic carbocycles. The molecule has 1 aromatic heterocycles. The lowest BCUT2D eigenvalue weighted by atomic mass is 10.0. The third-order valence-electron chi connectivity index (χ3n) is 3.21. The summed E-state index contributed by atoms with van der Waals surface area (Å²) in [7, 11) is 3.83. The summed E-state index contributed by atoms with van der Waals surface area (Å²) in [5, 5.41) is 7.33. The normalized spacial score (nSPS) is 12.4. The fraction of sp³-hybridized carbons (Fsp3) is 0.429. The summed E-state index contributed by atoms with van der Waals surface area (Å²) in [6, 6.07) is 8.40. The Balaban J connectivity index is 2.14. The molecular formula is C14H20N4O. The second-order valence-corrected chi connectivity index (χ2v) is 4.38. The molecular weight excluding hydrogens is 240 g/mol. The number of benzene rings is 1. The number of para-hydroxylation sites is 1. The SMILES string of the molecule is CCC(NC)c1ccccc1OCc1ncnn1C. The van der Waals surface area contributed by atoms with E-state index in [1.165, 1.54) is 11.9 Å². The van der Waals surface area contributed by atoms with Gasteiger partial charge < -0.3 is 10.1 Å². The fourth-order valence-electron chi connectivity index (χ4n) is 2.07. The van der Waals surface area contributed by atoms with E-state index < -0.39 is 0 Å². The molecule has 1 atom stereocenters. The highest BCUT2D eigenvalue weighted by molar-refractivity contribution is 5.35. The van der Waals surface area contributed by atoms with Crippen molar-refractivity contribution in [3.05, 3.63) is 42.0 Å². The van der Waals surface area contributed by atoms with Crippen LogP contribution in [-0.4, -0.2) is 21.8 Å². The van der Waals surface area contributed by atoms with E-state index >= 15 is 0 Å². The molecule has 2 aromatic rings. The maximum absolute atomic E-state index is 5.88. The summed E-state index contributed by atoms with van der Waals surface area (Å²) in [4.78, 5) is 4.16. The lowest BCUT2D eigenvalue weighted by Crippen LogP contribution is -2.16. The van der Waals surface area contributed by atoms with Crippen LogP contribution in [0.3, 0.4) is 0 Å². The van der Waals surface area contributed by atoms with Gasteiger partial charge in [-0.15, -0.1) is 0 Å². The van der Waals surface area contributed by atoms with E-state index in [0.717, 1.165) is 18.0 Å². The first-order valence-corrected chi connectivity index (χ1v) is 6.48. The summed E-state index contributed by atoms with van der Waals surface area (Å²) in [5.74, 6) is 1.71. The number of hydrogen-bond acceptors (Lipinski definition) is 4. The molecule has 0 saturated heterocycles. The van der Waals surface area contributed by atoms with Crippen LogP contribution in [0, 0.1) is 0 Å². The molecule has 0 fully saturated rings. The summed E-state index contributed by atoms with van der Waals surface area (Å²) in [5.41, 5.74) is 1.18. The van der Waals surface area contributed by atoms with Crippen molar-refractivity contribution in [1.29, 1.82) is 0 Å². The van der Waals surface area contributed by atoms with Gasteiger partial charge >= 0.3 is 0 Å². The van der Waals surface area contributed by atoms with Crippen molar-refractivity contribution in [2.75, 3.05) is 7.05 Å². The van der Waals surface area contributed by atoms with Crippen molar-refractivity contribution in [3.8, 4) is 5.75 Å². The number of aryl methyl sites for hydroxylation is 1. The number of rotatable bonds is 6. The van der Waals surface area contributed by atoms with E-state index in [-0.39, 0.29) is 0 Å². The molecule has 5 nitrogen and oxygen atoms in total. The molecule has 1 heterocycles. The molecule has 0 spiro atoms. The van der Waals surface area contributed by atoms with Crippen LogP contribution >= 0.6 is 0 Å². The molecule has 1 N–H and O–H groups in total. The summed E-state index contributed by atoms with van der Waals surface area (Å²) >= 11 is 0. The zero-order valence-corrected chi connectivity index (χ0v) is 11.6. The molecule has 0 aliphatic rings. The van der Waals surface area contributed by atoms with Crippen LogP contribution in [0.2, 0.25) is 0 Å². The molecule has 0 aliphatic heterocycles. The standard InChI is InChI=1S/C14H20N4O/c1-4-12(15-2)11-7-5-6-8-13(11)19-9-14-16-10-17-18(14)3/h5-8,10,12,15H,4,9H2,1-3H3. The lowest BCUT2D eigenvalue weighted by molar-refractivity contribution is 0.283. The first-order chi connectivity index (χ1) is 9.26. The molecule has 1 unspecified atom stereocenters. The third-order valence-corrected chi connectivity index (χ3v) is 3.21. The molecule has 1 aromatic carbocycles. The van der Waals surface area contributed by atoms with Crippen LogP contribution in [0.15, 0.2) is 30.6 Å². The zero-order valence-electron chi connectivity index (χ0n) is 11.6. The van der Waals surface area contributed by atoms with Crippen LogP contribution in [0.1, 0.15) is 30.8 Å². The van der Waals surface area contributed by atoms with Gasteiger partial charge in [0.15, 0.2) is 5.82 Å². The van der Waals surface area contributed by atoms with E-state index in [0.29, 0.717) is 12.6 Å². The van der Waals surface area contributed by atoms with Crippen molar-refractivity contribution < 1.29 is 4.74 Å². The fourth-order valence-corrected chi connectivity index (χ4v) is 2.07. The maximum Gasteiger partial charge on any atom is 0.164 e. The second kappa shape index (κ2) is 6.33. The number of nitrogens with one attached hydrogen (secondary N) is 1. The van der Waals surface area contributed by atoms with E-state index in [9.17, 15) is 0 Å². The van der Waals surface area contributed by atoms with E-state index in [1.54, 1.807) is 4.68 Å². The highest BCUT2D eigenvalue weighted by Crippen LogP contribution is 2.27. The Morgan fingerprint density at radius 2 is 2.16 bits per heavy atom. The van der Waals surface area contributed by atoms with Crippen LogP contribution in [0.25, 0.3) is 0 Å². The predicted octanol–water partition coefficient (Wildman–Crippen LogP) is 2.06. The second-order valence-electron chi connectivity index (χ2n) is 4.38. The minimum Gasteiger partial charge on any atom is -0.485 e. The highest BCUT2D eigenvalue weighted by Gasteiger charge is 2.12. The van der Waals surface area contributed by atoms with Gasteiger partial charge in [-0.25, -0.2) is 4.98 Å². The van der Waals surface area contributed by atoms with Crippen molar-refractivity contribution in [1.82, 2.24) is 20.1 Å². The molecule has 0 amide bonds. The van der Waals surface area contributed by atoms with Crippen molar-refractivity contribution in [3.63, 3.8) is 0 Å². The highest BCUT2D eigenvalue weighted by atomic mass is 16.5. The molecule has 5 heteroatoms. The number of aromatic nitrogens is 3. The minimum absolute atomic E-state index is 0.302. The van der Waals surface area contributed by atoms with Crippen molar-refractivity contribution in [2.45, 2.75) is 26.0 Å². The van der Waals surface area contributed by atoms with Crippen LogP contribution < -0.4 is 10.1 Å². The van der Waals surface area contributed by atoms with E-state index in [1.807, 2.05) is 32.3 Å². The van der Waals surface area contributed by atoms with Gasteiger partial charge in [0.2, 0.25) is 0 Å². The van der Waals surface area contributed by atoms with Gasteiger partial charge in [-0.05, 0) is 19.5 Å². The van der Waals surface area contributed by atoms with Gasteiger partial charge in [0.1, 0.15) is 18.7 Å². The monoisotopic (exact) mass is 260 g/mol. The van der Waals surface area contributed by atoms with Gasteiger partial charge in [0.05, 0.1) is 0 Å². The smallest absolute Gasteiger partial charge is 0.164 e. The Hall–Kier alpha value is -1.88. The summed E-state index contributed by atoms with van der Waals surface area (Å²) in [6.07, 6.45) is 2.55. The maximum atomic E-state index is 5.88. The average molecular weight is 260 g/mol. The van der Waals surface area contributed by atoms with Gasteiger partial charge in [0, 0.05) is 18.7 Å². The first-order valence-electron chi connectivity index (χ1n) is 6.48. The first kappa shape index (κ1) is 13.5. The zero-order chi connectivity index (χ0) is 13.7. The minimum atomic E-state index is 0.302. The van der Waals surface area contributed by atoms with Crippen molar-refractivity contribution >= 4 is 0 Å². The van der Waals surface area contributed by atoms with Gasteiger partial charge in [-0.3, -0.25) is 4.68 Å². The Morgan fingerprint density at radius 3 is 2.79 bits per heavy atom. The summed E-state index contributed by atoms with van der Waals surface area (Å²) < 4.78 is 7.60. The molecule has 0 bridgehead atoms. The molecule has 2 rings (SSSR count). The van der Waals surface area contributed by atoms with Crippen LogP contribution in [-0.2, 0) is 13.7 Å². The van der Waals surface area contributed by atoms with Crippen molar-refractivity contribution in [2.24, 2.45) is 7.05 Å². The number of hydrogen-bond donors (Lipinski definition) is 1. The Bertz CT molecular complexity index is 520. The van der Waals surface area contributed by atoms with Crippen LogP contribution in [0.4, 0.5) is 0 Å². The molecule has 0 saturated carbocycles. The lowest BCUT2D eigenvalue weighted by Gasteiger charge is -2.18. The van der Waals surface area contributed by atoms with Gasteiger partial charge in [-0.2, -0.15) is 5.10 Å². The average Bonchev–Trinajstić information content (AvgIpc) is 2.84. The number of ether oxygens (including phenoxy) is 1. The van der Waals surface area contributed by atoms with Gasteiger partial charge in [0.25, 0.3) is 0 Å². The van der Waals surface area contributed by atoms with E-state index in [4.69, 9.17) is 4.74 Å². The topological polar surface area (TPSA) is 52.0 Å². The van der Waals surface area contributed by atoms with Gasteiger partial charge in [-0.1, -0.05) is 25.1 Å². The quantitative estimate of drug-likeness (QED) is 0.864. The van der Waals surface area contributed by atoms with Crippen LogP contribution in [0.5, 0.6) is 5.75 Å². The predicted molar refractivity (Wildman–Crippen MR) is 73.9 cm³/mol. The molecule has 19 heavy (non-hydrogen) atoms. The Labute approximate surface area is 113 Å². The Kier molecular flexibility index (Phi) is 4.52. The summed E-state index contributed by atoms with van der Waals surface area (Å²) in [6.45, 7) is 2.58. The van der Waals surface area contributed by atoms with E-state index in [2.05, 4.69) is 28.4 Å². The molecule has 102 valence electrons. The Morgan fingerprint density at radius 1 is 1.37 bits per heavy atom. The molecule has 0 radical (unpaired) electrons. The number of nitrogens with zero attached hydrogens (tertiary/aromatic N) is 3.